The molecule has 156 valence electrons. The van der Waals surface area contributed by atoms with E-state index in [1.165, 1.54) is 32.2 Å². The van der Waals surface area contributed by atoms with Gasteiger partial charge in [0.25, 0.3) is 11.6 Å². The smallest absolute Gasteiger partial charge is 0.306 e. The standard InChI is InChI=1S/C19H24N4O6/c1-11-15(12(2)22(4)21-11)7-9-18(24)29-13(3)19(25)20-16-10-14(23(26)27)6-8-17(16)28-5/h6,8,10,13H,7,9H2,1-5H3,(H,20,25)/t13-/m1/s1. The van der Waals surface area contributed by atoms with Gasteiger partial charge in [0, 0.05) is 31.3 Å². The van der Waals surface area contributed by atoms with Gasteiger partial charge >= 0.3 is 5.97 Å². The second-order valence-electron chi connectivity index (χ2n) is 6.54. The number of methoxy groups -OCH3 is 1. The molecule has 1 atom stereocenters. The Morgan fingerprint density at radius 2 is 2.03 bits per heavy atom. The van der Waals surface area contributed by atoms with Gasteiger partial charge < -0.3 is 14.8 Å². The number of aromatic nitrogens is 2. The number of hydrogen-bond acceptors (Lipinski definition) is 7. The highest BCUT2D eigenvalue weighted by molar-refractivity contribution is 5.96. The van der Waals surface area contributed by atoms with Crippen molar-refractivity contribution in [2.45, 2.75) is 39.7 Å². The number of nitro benzene ring substituents is 1. The summed E-state index contributed by atoms with van der Waals surface area (Å²) in [6, 6.07) is 3.82. The molecule has 0 radical (unpaired) electrons. The molecule has 0 aliphatic carbocycles. The maximum atomic E-state index is 12.4. The molecule has 1 aromatic heterocycles. The first-order chi connectivity index (χ1) is 13.6. The maximum absolute atomic E-state index is 12.4. The fraction of sp³-hybridized carbons (Fsp3) is 0.421. The molecule has 1 N–H and O–H groups in total. The quantitative estimate of drug-likeness (QED) is 0.407. The van der Waals surface area contributed by atoms with E-state index in [2.05, 4.69) is 10.4 Å². The largest absolute Gasteiger partial charge is 0.495 e. The average Bonchev–Trinajstić information content (AvgIpc) is 2.91. The molecule has 0 saturated heterocycles. The number of nitrogens with one attached hydrogen (secondary N) is 1. The van der Waals surface area contributed by atoms with Crippen LogP contribution in [0.1, 0.15) is 30.3 Å². The zero-order valence-corrected chi connectivity index (χ0v) is 17.0. The second kappa shape index (κ2) is 9.18. The number of rotatable bonds is 8. The molecule has 0 aliphatic rings. The lowest BCUT2D eigenvalue weighted by molar-refractivity contribution is -0.384. The molecule has 0 bridgehead atoms. The first-order valence-electron chi connectivity index (χ1n) is 8.95. The predicted octanol–water partition coefficient (Wildman–Crippen LogP) is 2.46. The molecule has 0 spiro atoms. The molecular formula is C19H24N4O6. The molecule has 1 amide bonds. The second-order valence-corrected chi connectivity index (χ2v) is 6.54. The van der Waals surface area contributed by atoms with Crippen LogP contribution < -0.4 is 10.1 Å². The Bertz CT molecular complexity index is 937. The minimum absolute atomic E-state index is 0.102. The van der Waals surface area contributed by atoms with E-state index >= 15 is 0 Å². The van der Waals surface area contributed by atoms with Gasteiger partial charge in [-0.05, 0) is 38.8 Å². The highest BCUT2D eigenvalue weighted by atomic mass is 16.6. The maximum Gasteiger partial charge on any atom is 0.306 e. The number of ether oxygens (including phenoxy) is 2. The SMILES string of the molecule is COc1ccc([N+](=O)[O-])cc1NC(=O)[C@@H](C)OC(=O)CCc1c(C)nn(C)c1C. The number of aryl methyl sites for hydroxylation is 2. The number of anilines is 1. The van der Waals surface area contributed by atoms with Crippen molar-refractivity contribution in [1.82, 2.24) is 9.78 Å². The van der Waals surface area contributed by atoms with Gasteiger partial charge in [0.1, 0.15) is 5.75 Å². The summed E-state index contributed by atoms with van der Waals surface area (Å²) in [6.07, 6.45) is -0.523. The lowest BCUT2D eigenvalue weighted by atomic mass is 10.1. The molecule has 0 unspecified atom stereocenters. The molecule has 0 aliphatic heterocycles. The summed E-state index contributed by atoms with van der Waals surface area (Å²) in [4.78, 5) is 34.8. The Morgan fingerprint density at radius 3 is 2.59 bits per heavy atom. The molecule has 10 nitrogen and oxygen atoms in total. The van der Waals surface area contributed by atoms with Gasteiger partial charge in [-0.3, -0.25) is 24.4 Å². The van der Waals surface area contributed by atoms with Crippen molar-refractivity contribution in [2.75, 3.05) is 12.4 Å². The summed E-state index contributed by atoms with van der Waals surface area (Å²) in [7, 11) is 3.21. The number of nitrogens with zero attached hydrogens (tertiary/aromatic N) is 3. The van der Waals surface area contributed by atoms with E-state index in [-0.39, 0.29) is 23.5 Å². The summed E-state index contributed by atoms with van der Waals surface area (Å²) in [5.41, 5.74) is 2.72. The minimum Gasteiger partial charge on any atom is -0.495 e. The number of carbonyl (C=O) groups is 2. The Morgan fingerprint density at radius 1 is 1.34 bits per heavy atom. The average molecular weight is 404 g/mol. The topological polar surface area (TPSA) is 126 Å². The van der Waals surface area contributed by atoms with Crippen LogP contribution in [0.4, 0.5) is 11.4 Å². The van der Waals surface area contributed by atoms with Crippen LogP contribution in [0.15, 0.2) is 18.2 Å². The Hall–Kier alpha value is -3.43. The van der Waals surface area contributed by atoms with Gasteiger partial charge in [0.05, 0.1) is 23.4 Å². The van der Waals surface area contributed by atoms with Crippen molar-refractivity contribution in [1.29, 1.82) is 0 Å². The summed E-state index contributed by atoms with van der Waals surface area (Å²) >= 11 is 0. The third-order valence-corrected chi connectivity index (χ3v) is 4.57. The molecule has 2 rings (SSSR count). The molecular weight excluding hydrogens is 380 g/mol. The molecule has 1 heterocycles. The Labute approximate surface area is 167 Å². The zero-order chi connectivity index (χ0) is 21.7. The third kappa shape index (κ3) is 5.31. The van der Waals surface area contributed by atoms with Crippen molar-refractivity contribution in [2.24, 2.45) is 7.05 Å². The number of esters is 1. The van der Waals surface area contributed by atoms with E-state index in [1.54, 1.807) is 4.68 Å². The van der Waals surface area contributed by atoms with E-state index in [4.69, 9.17) is 9.47 Å². The van der Waals surface area contributed by atoms with Crippen LogP contribution in [0.3, 0.4) is 0 Å². The highest BCUT2D eigenvalue weighted by Crippen LogP contribution is 2.29. The van der Waals surface area contributed by atoms with Gasteiger partial charge in [-0.1, -0.05) is 0 Å². The van der Waals surface area contributed by atoms with Crippen LogP contribution >= 0.6 is 0 Å². The van der Waals surface area contributed by atoms with Crippen LogP contribution in [-0.4, -0.2) is 39.8 Å². The Balaban J connectivity index is 1.97. The van der Waals surface area contributed by atoms with Crippen molar-refractivity contribution in [3.05, 3.63) is 45.3 Å². The third-order valence-electron chi connectivity index (χ3n) is 4.57. The van der Waals surface area contributed by atoms with E-state index in [0.29, 0.717) is 6.42 Å². The van der Waals surface area contributed by atoms with E-state index < -0.39 is 22.9 Å². The van der Waals surface area contributed by atoms with Gasteiger partial charge in [-0.15, -0.1) is 0 Å². The van der Waals surface area contributed by atoms with E-state index in [1.807, 2.05) is 20.9 Å². The van der Waals surface area contributed by atoms with Crippen molar-refractivity contribution in [3.8, 4) is 5.75 Å². The van der Waals surface area contributed by atoms with Crippen LogP contribution in [0, 0.1) is 24.0 Å². The van der Waals surface area contributed by atoms with Crippen LogP contribution in [0.5, 0.6) is 5.75 Å². The van der Waals surface area contributed by atoms with Gasteiger partial charge in [-0.2, -0.15) is 5.10 Å². The molecule has 1 aromatic carbocycles. The van der Waals surface area contributed by atoms with Gasteiger partial charge in [0.2, 0.25) is 0 Å². The normalized spacial score (nSPS) is 11.6. The van der Waals surface area contributed by atoms with Gasteiger partial charge in [-0.25, -0.2) is 0 Å². The molecule has 2 aromatic rings. The summed E-state index contributed by atoms with van der Waals surface area (Å²) in [6.45, 7) is 5.22. The number of nitro groups is 1. The molecule has 29 heavy (non-hydrogen) atoms. The highest BCUT2D eigenvalue weighted by Gasteiger charge is 2.21. The fourth-order valence-electron chi connectivity index (χ4n) is 2.86. The summed E-state index contributed by atoms with van der Waals surface area (Å²) in [5, 5.41) is 17.7. The van der Waals surface area contributed by atoms with Gasteiger partial charge in [0.15, 0.2) is 6.10 Å². The van der Waals surface area contributed by atoms with E-state index in [9.17, 15) is 19.7 Å². The number of carbonyl (C=O) groups excluding carboxylic acids is 2. The van der Waals surface area contributed by atoms with Crippen molar-refractivity contribution >= 4 is 23.3 Å². The summed E-state index contributed by atoms with van der Waals surface area (Å²) < 4.78 is 12.0. The first kappa shape index (κ1) is 21.9. The predicted molar refractivity (Wildman–Crippen MR) is 105 cm³/mol. The van der Waals surface area contributed by atoms with Crippen molar-refractivity contribution < 1.29 is 24.0 Å². The first-order valence-corrected chi connectivity index (χ1v) is 8.95. The lowest BCUT2D eigenvalue weighted by Gasteiger charge is -2.15. The summed E-state index contributed by atoms with van der Waals surface area (Å²) in [5.74, 6) is -0.891. The molecule has 0 fully saturated rings. The minimum atomic E-state index is -1.08. The van der Waals surface area contributed by atoms with Crippen molar-refractivity contribution in [3.63, 3.8) is 0 Å². The monoisotopic (exact) mass is 404 g/mol. The van der Waals surface area contributed by atoms with Crippen LogP contribution in [0.2, 0.25) is 0 Å². The van der Waals surface area contributed by atoms with Crippen LogP contribution in [-0.2, 0) is 27.8 Å². The van der Waals surface area contributed by atoms with E-state index in [0.717, 1.165) is 17.0 Å². The number of hydrogen-bond donors (Lipinski definition) is 1. The van der Waals surface area contributed by atoms with Crippen LogP contribution in [0.25, 0.3) is 0 Å². The molecule has 0 saturated carbocycles. The number of non-ortho nitro benzene ring substituents is 1. The zero-order valence-electron chi connectivity index (χ0n) is 17.0. The number of benzene rings is 1. The number of amides is 1. The Kier molecular flexibility index (Phi) is 6.92. The molecule has 10 heteroatoms. The fourth-order valence-corrected chi connectivity index (χ4v) is 2.86. The lowest BCUT2D eigenvalue weighted by Crippen LogP contribution is -2.30.